The van der Waals surface area contributed by atoms with Gasteiger partial charge in [-0.3, -0.25) is 4.79 Å². The Kier molecular flexibility index (Phi) is 6.17. The highest BCUT2D eigenvalue weighted by Gasteiger charge is 2.29. The molecule has 2 unspecified atom stereocenters. The maximum atomic E-state index is 12.9. The molecule has 1 aromatic rings. The van der Waals surface area contributed by atoms with Crippen LogP contribution in [0.3, 0.4) is 0 Å². The molecule has 2 rings (SSSR count). The summed E-state index contributed by atoms with van der Waals surface area (Å²) in [7, 11) is -2.13. The Labute approximate surface area is 156 Å². The van der Waals surface area contributed by atoms with Gasteiger partial charge in [-0.15, -0.1) is 0 Å². The Morgan fingerprint density at radius 2 is 1.80 bits per heavy atom. The van der Waals surface area contributed by atoms with E-state index in [1.54, 1.807) is 18.7 Å². The first-order valence-corrected chi connectivity index (χ1v) is 10.4. The molecule has 1 aromatic carbocycles. The van der Waals surface area contributed by atoms with Crippen molar-refractivity contribution in [3.05, 3.63) is 28.8 Å². The zero-order chi connectivity index (χ0) is 18.9. The number of carbonyl (C=O) groups excluding carboxylic acids is 1. The van der Waals surface area contributed by atoms with Gasteiger partial charge in [-0.25, -0.2) is 8.42 Å². The van der Waals surface area contributed by atoms with Crippen molar-refractivity contribution in [2.45, 2.75) is 45.1 Å². The highest BCUT2D eigenvalue weighted by molar-refractivity contribution is 7.89. The van der Waals surface area contributed by atoms with Gasteiger partial charge in [-0.05, 0) is 50.3 Å². The Bertz CT molecular complexity index is 739. The third kappa shape index (κ3) is 4.36. The zero-order valence-electron chi connectivity index (χ0n) is 15.5. The van der Waals surface area contributed by atoms with Crippen LogP contribution in [-0.4, -0.2) is 49.7 Å². The molecule has 0 aromatic heterocycles. The van der Waals surface area contributed by atoms with Crippen molar-refractivity contribution in [3.8, 4) is 0 Å². The Morgan fingerprint density at radius 3 is 2.32 bits per heavy atom. The third-order valence-corrected chi connectivity index (χ3v) is 7.09. The summed E-state index contributed by atoms with van der Waals surface area (Å²) in [5.74, 6) is 0.642. The number of hydrogen-bond donors (Lipinski definition) is 0. The minimum absolute atomic E-state index is 0.0922. The predicted octanol–water partition coefficient (Wildman–Crippen LogP) is 3.49. The second-order valence-corrected chi connectivity index (χ2v) is 9.82. The van der Waals surface area contributed by atoms with E-state index in [9.17, 15) is 13.2 Å². The van der Waals surface area contributed by atoms with E-state index in [4.69, 9.17) is 11.6 Å². The van der Waals surface area contributed by atoms with Gasteiger partial charge in [0.15, 0.2) is 0 Å². The van der Waals surface area contributed by atoms with Crippen LogP contribution >= 0.6 is 11.6 Å². The highest BCUT2D eigenvalue weighted by atomic mass is 35.5. The Balaban J connectivity index is 2.38. The number of rotatable bonds is 4. The third-order valence-electron chi connectivity index (χ3n) is 4.73. The van der Waals surface area contributed by atoms with E-state index in [1.165, 1.54) is 29.6 Å². The van der Waals surface area contributed by atoms with Crippen LogP contribution in [0.25, 0.3) is 0 Å². The van der Waals surface area contributed by atoms with E-state index in [0.29, 0.717) is 24.9 Å². The summed E-state index contributed by atoms with van der Waals surface area (Å²) in [5, 5.41) is 0.280. The molecule has 7 heteroatoms. The SMILES string of the molecule is CC1CC(C)CN(C(=O)c2cc(S(=O)(=O)N(C)C(C)C)ccc2Cl)C1. The van der Waals surface area contributed by atoms with Gasteiger partial charge in [0.1, 0.15) is 0 Å². The van der Waals surface area contributed by atoms with Crippen molar-refractivity contribution in [2.24, 2.45) is 11.8 Å². The van der Waals surface area contributed by atoms with Gasteiger partial charge in [0, 0.05) is 26.2 Å². The second-order valence-electron chi connectivity index (χ2n) is 7.41. The topological polar surface area (TPSA) is 57.7 Å². The molecule has 140 valence electrons. The van der Waals surface area contributed by atoms with Crippen LogP contribution in [0, 0.1) is 11.8 Å². The van der Waals surface area contributed by atoms with Crippen molar-refractivity contribution in [2.75, 3.05) is 20.1 Å². The molecule has 0 aliphatic carbocycles. The number of halogens is 1. The zero-order valence-corrected chi connectivity index (χ0v) is 17.1. The van der Waals surface area contributed by atoms with Gasteiger partial charge in [-0.2, -0.15) is 4.31 Å². The number of carbonyl (C=O) groups is 1. The average molecular weight is 387 g/mol. The molecule has 0 saturated carbocycles. The van der Waals surface area contributed by atoms with E-state index in [1.807, 2.05) is 0 Å². The molecule has 2 atom stereocenters. The molecule has 1 amide bonds. The quantitative estimate of drug-likeness (QED) is 0.795. The number of nitrogens with zero attached hydrogens (tertiary/aromatic N) is 2. The van der Waals surface area contributed by atoms with Crippen molar-refractivity contribution < 1.29 is 13.2 Å². The van der Waals surface area contributed by atoms with E-state index in [2.05, 4.69) is 13.8 Å². The summed E-state index contributed by atoms with van der Waals surface area (Å²) in [6.07, 6.45) is 1.09. The lowest BCUT2D eigenvalue weighted by molar-refractivity contribution is 0.0623. The molecule has 1 aliphatic heterocycles. The fraction of sp³-hybridized carbons (Fsp3) is 0.611. The number of likely N-dealkylation sites (tertiary alicyclic amines) is 1. The Hall–Kier alpha value is -1.11. The van der Waals surface area contributed by atoms with E-state index >= 15 is 0 Å². The predicted molar refractivity (Wildman–Crippen MR) is 100 cm³/mol. The summed E-state index contributed by atoms with van der Waals surface area (Å²) in [4.78, 5) is 14.8. The largest absolute Gasteiger partial charge is 0.338 e. The number of benzene rings is 1. The van der Waals surface area contributed by atoms with Gasteiger partial charge >= 0.3 is 0 Å². The average Bonchev–Trinajstić information content (AvgIpc) is 2.52. The summed E-state index contributed by atoms with van der Waals surface area (Å²) in [6.45, 7) is 9.18. The molecule has 0 radical (unpaired) electrons. The fourth-order valence-corrected chi connectivity index (χ4v) is 4.86. The number of sulfonamides is 1. The van der Waals surface area contributed by atoms with Crippen LogP contribution in [0.15, 0.2) is 23.1 Å². The standard InChI is InChI=1S/C18H27ClN2O3S/c1-12(2)20(5)25(23,24)15-6-7-17(19)16(9-15)18(22)21-10-13(3)8-14(4)11-21/h6-7,9,12-14H,8,10-11H2,1-5H3. The van der Waals surface area contributed by atoms with E-state index < -0.39 is 10.0 Å². The first-order chi connectivity index (χ1) is 11.5. The fourth-order valence-electron chi connectivity index (χ4n) is 3.27. The van der Waals surface area contributed by atoms with E-state index in [-0.39, 0.29) is 27.4 Å². The van der Waals surface area contributed by atoms with Gasteiger partial charge in [-0.1, -0.05) is 25.4 Å². The molecule has 1 fully saturated rings. The lowest BCUT2D eigenvalue weighted by atomic mass is 9.91. The summed E-state index contributed by atoms with van der Waals surface area (Å²) < 4.78 is 26.7. The number of hydrogen-bond acceptors (Lipinski definition) is 3. The van der Waals surface area contributed by atoms with Crippen LogP contribution in [0.2, 0.25) is 5.02 Å². The molecular weight excluding hydrogens is 360 g/mol. The smallest absolute Gasteiger partial charge is 0.255 e. The van der Waals surface area contributed by atoms with Crippen molar-refractivity contribution in [1.82, 2.24) is 9.21 Å². The molecule has 0 spiro atoms. The van der Waals surface area contributed by atoms with Gasteiger partial charge in [0.05, 0.1) is 15.5 Å². The molecular formula is C18H27ClN2O3S. The molecule has 1 heterocycles. The monoisotopic (exact) mass is 386 g/mol. The second kappa shape index (κ2) is 7.64. The van der Waals surface area contributed by atoms with Crippen LogP contribution in [0.5, 0.6) is 0 Å². The van der Waals surface area contributed by atoms with Crippen LogP contribution in [0.1, 0.15) is 44.5 Å². The highest BCUT2D eigenvalue weighted by Crippen LogP contribution is 2.27. The normalized spacial score (nSPS) is 21.8. The maximum Gasteiger partial charge on any atom is 0.255 e. The molecule has 5 nitrogen and oxygen atoms in total. The number of amides is 1. The molecule has 0 bridgehead atoms. The van der Waals surface area contributed by atoms with Crippen LogP contribution in [-0.2, 0) is 10.0 Å². The number of piperidine rings is 1. The lowest BCUT2D eigenvalue weighted by Gasteiger charge is -2.35. The molecule has 25 heavy (non-hydrogen) atoms. The first-order valence-electron chi connectivity index (χ1n) is 8.61. The maximum absolute atomic E-state index is 12.9. The molecule has 1 saturated heterocycles. The molecule has 0 N–H and O–H groups in total. The minimum Gasteiger partial charge on any atom is -0.338 e. The minimum atomic E-state index is -3.66. The van der Waals surface area contributed by atoms with Crippen molar-refractivity contribution in [3.63, 3.8) is 0 Å². The summed E-state index contributed by atoms with van der Waals surface area (Å²) in [6, 6.07) is 4.17. The van der Waals surface area contributed by atoms with Gasteiger partial charge in [0.25, 0.3) is 5.91 Å². The van der Waals surface area contributed by atoms with Crippen LogP contribution in [0.4, 0.5) is 0 Å². The van der Waals surface area contributed by atoms with Crippen molar-refractivity contribution >= 4 is 27.5 Å². The summed E-state index contributed by atoms with van der Waals surface area (Å²) in [5.41, 5.74) is 0.251. The van der Waals surface area contributed by atoms with Crippen molar-refractivity contribution in [1.29, 1.82) is 0 Å². The lowest BCUT2D eigenvalue weighted by Crippen LogP contribution is -2.42. The summed E-state index contributed by atoms with van der Waals surface area (Å²) >= 11 is 6.22. The van der Waals surface area contributed by atoms with Crippen LogP contribution < -0.4 is 0 Å². The molecule has 1 aliphatic rings. The Morgan fingerprint density at radius 1 is 1.24 bits per heavy atom. The first kappa shape index (κ1) is 20.2. The van der Waals surface area contributed by atoms with Gasteiger partial charge in [0.2, 0.25) is 10.0 Å². The van der Waals surface area contributed by atoms with Gasteiger partial charge < -0.3 is 4.90 Å². The van der Waals surface area contributed by atoms with E-state index in [0.717, 1.165) is 6.42 Å².